The number of hydrogen-bond acceptors (Lipinski definition) is 5. The van der Waals surface area contributed by atoms with Crippen molar-refractivity contribution in [2.24, 2.45) is 0 Å². The van der Waals surface area contributed by atoms with Gasteiger partial charge in [0, 0.05) is 6.20 Å². The van der Waals surface area contributed by atoms with Crippen LogP contribution in [0.25, 0.3) is 10.2 Å². The Bertz CT molecular complexity index is 507. The van der Waals surface area contributed by atoms with E-state index in [4.69, 9.17) is 10.5 Å². The summed E-state index contributed by atoms with van der Waals surface area (Å²) in [7, 11) is 0. The molecule has 78 valence electrons. The van der Waals surface area contributed by atoms with E-state index in [1.165, 1.54) is 17.5 Å². The summed E-state index contributed by atoms with van der Waals surface area (Å²) in [4.78, 5) is 15.6. The molecule has 0 bridgehead atoms. The number of ether oxygens (including phenoxy) is 1. The first-order valence-electron chi connectivity index (χ1n) is 4.53. The minimum absolute atomic E-state index is 0.334. The number of nitrogens with zero attached hydrogens (tertiary/aromatic N) is 1. The Balaban J connectivity index is 2.52. The van der Waals surface area contributed by atoms with Gasteiger partial charge in [-0.25, -0.2) is 4.79 Å². The molecule has 2 rings (SSSR count). The van der Waals surface area contributed by atoms with Gasteiger partial charge in [0.1, 0.15) is 5.56 Å². The van der Waals surface area contributed by atoms with Crippen LogP contribution in [0.15, 0.2) is 17.6 Å². The first-order chi connectivity index (χ1) is 7.24. The van der Waals surface area contributed by atoms with E-state index in [1.807, 2.05) is 11.4 Å². The molecule has 0 atom stereocenters. The fourth-order valence-electron chi connectivity index (χ4n) is 1.30. The fourth-order valence-corrected chi connectivity index (χ4v) is 2.11. The summed E-state index contributed by atoms with van der Waals surface area (Å²) in [6.45, 7) is 2.09. The van der Waals surface area contributed by atoms with E-state index in [0.29, 0.717) is 17.9 Å². The predicted octanol–water partition coefficient (Wildman–Crippen LogP) is 2.06. The average molecular weight is 222 g/mol. The maximum atomic E-state index is 11.5. The molecule has 0 aliphatic carbocycles. The maximum Gasteiger partial charge on any atom is 0.341 e. The normalized spacial score (nSPS) is 10.5. The molecule has 0 unspecified atom stereocenters. The number of anilines is 1. The van der Waals surface area contributed by atoms with E-state index < -0.39 is 5.97 Å². The Hall–Kier alpha value is -1.62. The summed E-state index contributed by atoms with van der Waals surface area (Å²) < 4.78 is 5.71. The van der Waals surface area contributed by atoms with Gasteiger partial charge in [-0.1, -0.05) is 0 Å². The van der Waals surface area contributed by atoms with E-state index in [1.54, 1.807) is 6.92 Å². The van der Waals surface area contributed by atoms with Gasteiger partial charge in [-0.15, -0.1) is 11.3 Å². The van der Waals surface area contributed by atoms with Crippen molar-refractivity contribution >= 4 is 33.2 Å². The lowest BCUT2D eigenvalue weighted by atomic mass is 10.2. The Morgan fingerprint density at radius 1 is 1.67 bits per heavy atom. The molecule has 0 spiro atoms. The Morgan fingerprint density at radius 3 is 3.20 bits per heavy atom. The molecular weight excluding hydrogens is 212 g/mol. The number of nitrogens with two attached hydrogens (primary N) is 1. The predicted molar refractivity (Wildman–Crippen MR) is 60.0 cm³/mol. The molecule has 5 heteroatoms. The second-order valence-corrected chi connectivity index (χ2v) is 3.86. The van der Waals surface area contributed by atoms with E-state index in [0.717, 1.165) is 10.2 Å². The van der Waals surface area contributed by atoms with Gasteiger partial charge in [0.25, 0.3) is 0 Å². The minimum atomic E-state index is -0.419. The molecule has 0 aromatic carbocycles. The first kappa shape index (κ1) is 9.92. The van der Waals surface area contributed by atoms with Crippen molar-refractivity contribution in [1.82, 2.24) is 4.98 Å². The second kappa shape index (κ2) is 3.86. The number of pyridine rings is 1. The van der Waals surface area contributed by atoms with Gasteiger partial charge in [-0.3, -0.25) is 4.98 Å². The molecular formula is C10H10N2O2S. The molecule has 15 heavy (non-hydrogen) atoms. The monoisotopic (exact) mass is 222 g/mol. The summed E-state index contributed by atoms with van der Waals surface area (Å²) in [5, 5.41) is 1.89. The Morgan fingerprint density at radius 2 is 2.47 bits per heavy atom. The zero-order valence-electron chi connectivity index (χ0n) is 8.19. The smallest absolute Gasteiger partial charge is 0.341 e. The standard InChI is InChI=1S/C10H10N2O2S/c1-2-14-10(13)6-5-12-7-3-4-15-9(7)8(6)11/h3-5H,2H2,1H3,(H2,11,12). The number of hydrogen-bond donors (Lipinski definition) is 1. The van der Waals surface area contributed by atoms with Gasteiger partial charge in [0.2, 0.25) is 0 Å². The summed E-state index contributed by atoms with van der Waals surface area (Å²) in [5.74, 6) is -0.419. The number of fused-ring (bicyclic) bond motifs is 1. The van der Waals surface area contributed by atoms with Crippen LogP contribution in [-0.2, 0) is 4.74 Å². The van der Waals surface area contributed by atoms with Crippen LogP contribution >= 0.6 is 11.3 Å². The van der Waals surface area contributed by atoms with Crippen LogP contribution in [0.1, 0.15) is 17.3 Å². The van der Waals surface area contributed by atoms with Crippen molar-refractivity contribution < 1.29 is 9.53 Å². The van der Waals surface area contributed by atoms with Crippen molar-refractivity contribution in [3.05, 3.63) is 23.2 Å². The molecule has 0 fully saturated rings. The fraction of sp³-hybridized carbons (Fsp3) is 0.200. The Kier molecular flexibility index (Phi) is 2.55. The first-order valence-corrected chi connectivity index (χ1v) is 5.40. The lowest BCUT2D eigenvalue weighted by molar-refractivity contribution is 0.0527. The van der Waals surface area contributed by atoms with E-state index in [9.17, 15) is 4.79 Å². The third-order valence-corrected chi connectivity index (χ3v) is 2.94. The number of esters is 1. The summed E-state index contributed by atoms with van der Waals surface area (Å²) in [6, 6.07) is 1.87. The Labute approximate surface area is 90.7 Å². The van der Waals surface area contributed by atoms with Crippen LogP contribution in [0.3, 0.4) is 0 Å². The van der Waals surface area contributed by atoms with Gasteiger partial charge < -0.3 is 10.5 Å². The summed E-state index contributed by atoms with van der Waals surface area (Å²) in [6.07, 6.45) is 1.46. The molecule has 4 nitrogen and oxygen atoms in total. The number of thiophene rings is 1. The van der Waals surface area contributed by atoms with Gasteiger partial charge in [-0.05, 0) is 18.4 Å². The quantitative estimate of drug-likeness (QED) is 0.790. The van der Waals surface area contributed by atoms with Gasteiger partial charge >= 0.3 is 5.97 Å². The van der Waals surface area contributed by atoms with Crippen LogP contribution in [0.4, 0.5) is 5.69 Å². The van der Waals surface area contributed by atoms with Crippen molar-refractivity contribution in [2.45, 2.75) is 6.92 Å². The van der Waals surface area contributed by atoms with Gasteiger partial charge in [0.05, 0.1) is 22.5 Å². The van der Waals surface area contributed by atoms with Crippen LogP contribution < -0.4 is 5.73 Å². The maximum absolute atomic E-state index is 11.5. The third-order valence-electron chi connectivity index (χ3n) is 2.01. The number of rotatable bonds is 2. The highest BCUT2D eigenvalue weighted by atomic mass is 32.1. The lowest BCUT2D eigenvalue weighted by Crippen LogP contribution is -2.08. The molecule has 0 amide bonds. The van der Waals surface area contributed by atoms with E-state index in [2.05, 4.69) is 4.98 Å². The SMILES string of the molecule is CCOC(=O)c1cnc2ccsc2c1N. The number of carbonyl (C=O) groups is 1. The number of nitrogen functional groups attached to an aromatic ring is 1. The molecule has 2 aromatic rings. The van der Waals surface area contributed by atoms with Crippen molar-refractivity contribution in [1.29, 1.82) is 0 Å². The van der Waals surface area contributed by atoms with E-state index in [-0.39, 0.29) is 0 Å². The van der Waals surface area contributed by atoms with Crippen LogP contribution in [0.5, 0.6) is 0 Å². The zero-order valence-corrected chi connectivity index (χ0v) is 9.00. The molecule has 0 radical (unpaired) electrons. The van der Waals surface area contributed by atoms with Gasteiger partial charge in [0.15, 0.2) is 0 Å². The van der Waals surface area contributed by atoms with E-state index >= 15 is 0 Å². The molecule has 0 aliphatic heterocycles. The van der Waals surface area contributed by atoms with Crippen LogP contribution in [0.2, 0.25) is 0 Å². The van der Waals surface area contributed by atoms with Crippen molar-refractivity contribution in [3.63, 3.8) is 0 Å². The lowest BCUT2D eigenvalue weighted by Gasteiger charge is -2.04. The molecule has 2 heterocycles. The van der Waals surface area contributed by atoms with Crippen molar-refractivity contribution in [3.8, 4) is 0 Å². The van der Waals surface area contributed by atoms with Gasteiger partial charge in [-0.2, -0.15) is 0 Å². The largest absolute Gasteiger partial charge is 0.462 e. The average Bonchev–Trinajstić information content (AvgIpc) is 2.67. The molecule has 0 saturated heterocycles. The molecule has 0 aliphatic rings. The summed E-state index contributed by atoms with van der Waals surface area (Å²) >= 11 is 1.47. The topological polar surface area (TPSA) is 65.2 Å². The van der Waals surface area contributed by atoms with Crippen LogP contribution in [-0.4, -0.2) is 17.6 Å². The van der Waals surface area contributed by atoms with Crippen molar-refractivity contribution in [2.75, 3.05) is 12.3 Å². The highest BCUT2D eigenvalue weighted by Crippen LogP contribution is 2.28. The minimum Gasteiger partial charge on any atom is -0.462 e. The molecule has 2 N–H and O–H groups in total. The summed E-state index contributed by atoms with van der Waals surface area (Å²) in [5.41, 5.74) is 7.47. The second-order valence-electron chi connectivity index (χ2n) is 2.94. The highest BCUT2D eigenvalue weighted by molar-refractivity contribution is 7.17. The number of carbonyl (C=O) groups excluding carboxylic acids is 1. The molecule has 2 aromatic heterocycles. The zero-order chi connectivity index (χ0) is 10.8. The third kappa shape index (κ3) is 1.66. The highest BCUT2D eigenvalue weighted by Gasteiger charge is 2.14. The number of aromatic nitrogens is 1. The van der Waals surface area contributed by atoms with Crippen LogP contribution in [0, 0.1) is 0 Å². The molecule has 0 saturated carbocycles.